The molecule has 5 aliphatic rings. The maximum atomic E-state index is 12.5. The molecule has 134 valence electrons. The molecule has 0 amide bonds. The van der Waals surface area contributed by atoms with Crippen molar-refractivity contribution in [2.45, 2.75) is 77.4 Å². The van der Waals surface area contributed by atoms with E-state index in [9.17, 15) is 4.79 Å². The van der Waals surface area contributed by atoms with E-state index in [1.165, 1.54) is 25.7 Å². The third-order valence-corrected chi connectivity index (χ3v) is 9.19. The van der Waals surface area contributed by atoms with Crippen molar-refractivity contribution in [1.29, 1.82) is 0 Å². The molecular weight excluding hydrogens is 300 g/mol. The minimum Gasteiger partial charge on any atom is -0.348 e. The summed E-state index contributed by atoms with van der Waals surface area (Å²) in [4.78, 5) is 12.5. The van der Waals surface area contributed by atoms with Gasteiger partial charge in [0.1, 0.15) is 5.78 Å². The molecule has 0 radical (unpaired) electrons. The molecule has 0 aromatic rings. The first-order chi connectivity index (χ1) is 11.5. The smallest absolute Gasteiger partial charge is 0.168 e. The van der Waals surface area contributed by atoms with Gasteiger partial charge >= 0.3 is 0 Å². The van der Waals surface area contributed by atoms with Crippen LogP contribution in [0.5, 0.6) is 0 Å². The molecular formula is C21H32O3. The van der Waals surface area contributed by atoms with E-state index in [2.05, 4.69) is 13.8 Å². The first-order valence-electron chi connectivity index (χ1n) is 10.3. The summed E-state index contributed by atoms with van der Waals surface area (Å²) in [5, 5.41) is 0. The van der Waals surface area contributed by atoms with Gasteiger partial charge in [-0.1, -0.05) is 13.8 Å². The molecule has 4 aliphatic carbocycles. The molecule has 0 aromatic heterocycles. The fraction of sp³-hybridized carbons (Fsp3) is 0.952. The lowest BCUT2D eigenvalue weighted by Gasteiger charge is -2.61. The summed E-state index contributed by atoms with van der Waals surface area (Å²) in [6, 6.07) is 0. The lowest BCUT2D eigenvalue weighted by Crippen LogP contribution is -2.56. The normalized spacial score (nSPS) is 52.8. The van der Waals surface area contributed by atoms with Gasteiger partial charge in [-0.15, -0.1) is 0 Å². The predicted molar refractivity (Wildman–Crippen MR) is 91.4 cm³/mol. The Morgan fingerprint density at radius 2 is 1.71 bits per heavy atom. The van der Waals surface area contributed by atoms with Crippen molar-refractivity contribution in [1.82, 2.24) is 0 Å². The van der Waals surface area contributed by atoms with Crippen LogP contribution in [0.4, 0.5) is 0 Å². The van der Waals surface area contributed by atoms with Crippen LogP contribution in [-0.4, -0.2) is 24.8 Å². The lowest BCUT2D eigenvalue weighted by atomic mass is 9.45. The number of ether oxygens (including phenoxy) is 2. The number of carbonyl (C=O) groups is 1. The topological polar surface area (TPSA) is 35.5 Å². The Morgan fingerprint density at radius 3 is 2.50 bits per heavy atom. The van der Waals surface area contributed by atoms with Gasteiger partial charge in [-0.25, -0.2) is 0 Å². The number of Topliss-reactive ketones (excluding diaryl/α,β-unsaturated/α-hetero) is 1. The van der Waals surface area contributed by atoms with E-state index in [1.807, 2.05) is 0 Å². The second kappa shape index (κ2) is 5.07. The third kappa shape index (κ3) is 1.95. The molecule has 6 atom stereocenters. The van der Waals surface area contributed by atoms with Crippen LogP contribution in [0.3, 0.4) is 0 Å². The second-order valence-electron chi connectivity index (χ2n) is 9.89. The largest absolute Gasteiger partial charge is 0.348 e. The van der Waals surface area contributed by atoms with Crippen LogP contribution in [0, 0.1) is 34.5 Å². The maximum Gasteiger partial charge on any atom is 0.168 e. The maximum absolute atomic E-state index is 12.5. The van der Waals surface area contributed by atoms with Gasteiger partial charge in [-0.05, 0) is 67.6 Å². The Hall–Kier alpha value is -0.410. The predicted octanol–water partition coefficient (Wildman–Crippen LogP) is 4.34. The zero-order valence-electron chi connectivity index (χ0n) is 15.3. The molecule has 3 nitrogen and oxygen atoms in total. The van der Waals surface area contributed by atoms with Crippen molar-refractivity contribution < 1.29 is 14.3 Å². The van der Waals surface area contributed by atoms with Gasteiger partial charge in [0.2, 0.25) is 0 Å². The Balaban J connectivity index is 1.42. The van der Waals surface area contributed by atoms with Crippen LogP contribution >= 0.6 is 0 Å². The first-order valence-corrected chi connectivity index (χ1v) is 10.3. The fourth-order valence-electron chi connectivity index (χ4n) is 7.73. The number of carbonyl (C=O) groups excluding carboxylic acids is 1. The number of hydrogen-bond acceptors (Lipinski definition) is 3. The van der Waals surface area contributed by atoms with Crippen molar-refractivity contribution in [2.75, 3.05) is 13.2 Å². The second-order valence-corrected chi connectivity index (χ2v) is 9.89. The summed E-state index contributed by atoms with van der Waals surface area (Å²) in [7, 11) is 0. The highest BCUT2D eigenvalue weighted by molar-refractivity contribution is 5.87. The standard InChI is InChI=1S/C21H32O3/c1-19-9-10-21(23-11-12-24-21)13-14(19)3-4-15-16-5-6-18(22)20(16,2)8-7-17(15)19/h14-17H,3-13H2,1-2H3/t14-,15+,16-,17+,19+,20-/m1/s1. The number of hydrogen-bond donors (Lipinski definition) is 0. The average molecular weight is 332 g/mol. The van der Waals surface area contributed by atoms with Crippen LogP contribution in [0.1, 0.15) is 71.6 Å². The van der Waals surface area contributed by atoms with Gasteiger partial charge < -0.3 is 9.47 Å². The average Bonchev–Trinajstić information content (AvgIpc) is 3.14. The summed E-state index contributed by atoms with van der Waals surface area (Å²) in [5.41, 5.74) is 0.453. The Labute approximate surface area is 145 Å². The Kier molecular flexibility index (Phi) is 3.34. The van der Waals surface area contributed by atoms with Crippen molar-refractivity contribution in [3.05, 3.63) is 0 Å². The van der Waals surface area contributed by atoms with E-state index in [4.69, 9.17) is 9.47 Å². The molecule has 1 aliphatic heterocycles. The van der Waals surface area contributed by atoms with Crippen molar-refractivity contribution in [2.24, 2.45) is 34.5 Å². The Bertz CT molecular complexity index is 551. The summed E-state index contributed by atoms with van der Waals surface area (Å²) < 4.78 is 12.1. The molecule has 0 N–H and O–H groups in total. The summed E-state index contributed by atoms with van der Waals surface area (Å²) in [5.74, 6) is 3.33. The van der Waals surface area contributed by atoms with E-state index < -0.39 is 0 Å². The molecule has 1 spiro atoms. The highest BCUT2D eigenvalue weighted by Crippen LogP contribution is 2.66. The van der Waals surface area contributed by atoms with E-state index >= 15 is 0 Å². The highest BCUT2D eigenvalue weighted by atomic mass is 16.7. The van der Waals surface area contributed by atoms with Crippen LogP contribution in [0.25, 0.3) is 0 Å². The lowest BCUT2D eigenvalue weighted by molar-refractivity contribution is -0.228. The van der Waals surface area contributed by atoms with E-state index in [0.29, 0.717) is 17.1 Å². The van der Waals surface area contributed by atoms with Crippen LogP contribution in [-0.2, 0) is 14.3 Å². The molecule has 1 heterocycles. The number of fused-ring (bicyclic) bond motifs is 5. The third-order valence-electron chi connectivity index (χ3n) is 9.19. The summed E-state index contributed by atoms with van der Waals surface area (Å²) >= 11 is 0. The number of ketones is 1. The van der Waals surface area contributed by atoms with Gasteiger partial charge in [-0.3, -0.25) is 4.79 Å². The minimum atomic E-state index is -0.247. The van der Waals surface area contributed by atoms with Crippen LogP contribution in [0.2, 0.25) is 0 Å². The molecule has 5 rings (SSSR count). The first kappa shape index (κ1) is 15.8. The molecule has 3 heteroatoms. The SMILES string of the molecule is C[C@]12CCC3(C[C@H]1CC[C@H]1[C@H]4CCC(=O)[C@]4(C)CC[C@@H]12)OCCO3. The minimum absolute atomic E-state index is 0.0118. The van der Waals surface area contributed by atoms with E-state index in [0.717, 1.165) is 63.1 Å². The van der Waals surface area contributed by atoms with Gasteiger partial charge in [-0.2, -0.15) is 0 Å². The van der Waals surface area contributed by atoms with Crippen molar-refractivity contribution >= 4 is 5.78 Å². The van der Waals surface area contributed by atoms with Gasteiger partial charge in [0.15, 0.2) is 5.79 Å². The molecule has 4 saturated carbocycles. The molecule has 0 bridgehead atoms. The molecule has 0 aromatic carbocycles. The zero-order chi connectivity index (χ0) is 16.6. The zero-order valence-corrected chi connectivity index (χ0v) is 15.3. The summed E-state index contributed by atoms with van der Waals surface area (Å²) in [6.45, 7) is 6.40. The van der Waals surface area contributed by atoms with Crippen LogP contribution in [0.15, 0.2) is 0 Å². The van der Waals surface area contributed by atoms with Crippen LogP contribution < -0.4 is 0 Å². The monoisotopic (exact) mass is 332 g/mol. The van der Waals surface area contributed by atoms with Gasteiger partial charge in [0.25, 0.3) is 0 Å². The quantitative estimate of drug-likeness (QED) is 0.662. The van der Waals surface area contributed by atoms with E-state index in [-0.39, 0.29) is 11.2 Å². The fourth-order valence-corrected chi connectivity index (χ4v) is 7.73. The van der Waals surface area contributed by atoms with Crippen molar-refractivity contribution in [3.8, 4) is 0 Å². The highest BCUT2D eigenvalue weighted by Gasteiger charge is 2.62. The van der Waals surface area contributed by atoms with Gasteiger partial charge in [0, 0.05) is 24.7 Å². The Morgan fingerprint density at radius 1 is 0.917 bits per heavy atom. The van der Waals surface area contributed by atoms with E-state index in [1.54, 1.807) is 0 Å². The molecule has 0 unspecified atom stereocenters. The summed E-state index contributed by atoms with van der Waals surface area (Å²) in [6.07, 6.45) is 10.5. The number of rotatable bonds is 0. The van der Waals surface area contributed by atoms with Gasteiger partial charge in [0.05, 0.1) is 13.2 Å². The molecule has 1 saturated heterocycles. The molecule has 5 fully saturated rings. The van der Waals surface area contributed by atoms with Crippen molar-refractivity contribution in [3.63, 3.8) is 0 Å². The molecule has 24 heavy (non-hydrogen) atoms.